The van der Waals surface area contributed by atoms with Crippen molar-refractivity contribution in [1.82, 2.24) is 5.32 Å². The summed E-state index contributed by atoms with van der Waals surface area (Å²) >= 11 is 8.16. The number of aryl methyl sites for hydroxylation is 1. The lowest BCUT2D eigenvalue weighted by atomic mass is 9.98. The minimum atomic E-state index is 0.492. The van der Waals surface area contributed by atoms with Gasteiger partial charge < -0.3 is 10.1 Å². The Kier molecular flexibility index (Phi) is 8.68. The van der Waals surface area contributed by atoms with Crippen LogP contribution in [0.1, 0.15) is 43.2 Å². The summed E-state index contributed by atoms with van der Waals surface area (Å²) in [5.74, 6) is 2.47. The first kappa shape index (κ1) is 18.1. The summed E-state index contributed by atoms with van der Waals surface area (Å²) in [6.07, 6.45) is 7.94. The average molecular weight is 342 g/mol. The van der Waals surface area contributed by atoms with Gasteiger partial charge in [0.25, 0.3) is 0 Å². The third kappa shape index (κ3) is 6.49. The molecule has 1 aliphatic carbocycles. The normalized spacial score (nSPS) is 18.8. The quantitative estimate of drug-likeness (QED) is 0.848. The molecular formula is C18H28ClNOS. The third-order valence-electron chi connectivity index (χ3n) is 4.24. The van der Waals surface area contributed by atoms with E-state index in [1.54, 1.807) is 0 Å². The fourth-order valence-electron chi connectivity index (χ4n) is 2.90. The van der Waals surface area contributed by atoms with E-state index in [0.717, 1.165) is 18.1 Å². The van der Waals surface area contributed by atoms with E-state index in [1.807, 2.05) is 23.9 Å². The summed E-state index contributed by atoms with van der Waals surface area (Å²) in [5.41, 5.74) is 2.51. The molecular weight excluding hydrogens is 314 g/mol. The molecule has 0 unspecified atom stereocenters. The number of thioether (sulfide) groups is 1. The van der Waals surface area contributed by atoms with Gasteiger partial charge in [0.1, 0.15) is 0 Å². The molecule has 0 atom stereocenters. The Balaban J connectivity index is 0.000000299. The highest BCUT2D eigenvalue weighted by molar-refractivity contribution is 7.99. The van der Waals surface area contributed by atoms with E-state index >= 15 is 0 Å². The molecule has 0 amide bonds. The Morgan fingerprint density at radius 3 is 2.68 bits per heavy atom. The van der Waals surface area contributed by atoms with Gasteiger partial charge in [-0.3, -0.25) is 0 Å². The predicted octanol–water partition coefficient (Wildman–Crippen LogP) is 4.82. The molecule has 1 N–H and O–H groups in total. The Morgan fingerprint density at radius 1 is 1.27 bits per heavy atom. The summed E-state index contributed by atoms with van der Waals surface area (Å²) < 4.78 is 5.94. The molecule has 2 aliphatic rings. The van der Waals surface area contributed by atoms with E-state index in [1.165, 1.54) is 61.4 Å². The molecule has 3 rings (SSSR count). The zero-order valence-corrected chi connectivity index (χ0v) is 15.1. The second-order valence-corrected chi connectivity index (χ2v) is 7.48. The molecule has 1 saturated heterocycles. The monoisotopic (exact) mass is 341 g/mol. The van der Waals surface area contributed by atoms with Gasteiger partial charge in [-0.25, -0.2) is 0 Å². The maximum absolute atomic E-state index is 6.20. The van der Waals surface area contributed by atoms with Crippen LogP contribution in [0.2, 0.25) is 5.02 Å². The van der Waals surface area contributed by atoms with Crippen LogP contribution >= 0.6 is 23.4 Å². The highest BCUT2D eigenvalue weighted by atomic mass is 35.5. The van der Waals surface area contributed by atoms with Gasteiger partial charge in [-0.2, -0.15) is 0 Å². The molecule has 1 aromatic carbocycles. The smallest absolute Gasteiger partial charge is 0.0575 e. The molecule has 1 saturated carbocycles. The van der Waals surface area contributed by atoms with Crippen LogP contribution < -0.4 is 5.32 Å². The van der Waals surface area contributed by atoms with Crippen LogP contribution in [-0.2, 0) is 11.2 Å². The van der Waals surface area contributed by atoms with Crippen molar-refractivity contribution in [3.63, 3.8) is 0 Å². The van der Waals surface area contributed by atoms with Crippen LogP contribution in [0.3, 0.4) is 0 Å². The SMILES string of the molecule is C1CSCN1.Cc1cccc(Cl)c1CCOC1CCCCC1. The number of hydrogen-bond donors (Lipinski definition) is 1. The van der Waals surface area contributed by atoms with Gasteiger partial charge in [0.2, 0.25) is 0 Å². The molecule has 0 aromatic heterocycles. The van der Waals surface area contributed by atoms with Gasteiger partial charge in [0.15, 0.2) is 0 Å². The van der Waals surface area contributed by atoms with Crippen molar-refractivity contribution in [2.75, 3.05) is 24.8 Å². The fraction of sp³-hybridized carbons (Fsp3) is 0.667. The van der Waals surface area contributed by atoms with Gasteiger partial charge in [-0.1, -0.05) is 43.0 Å². The lowest BCUT2D eigenvalue weighted by Gasteiger charge is -2.22. The first-order chi connectivity index (χ1) is 10.8. The predicted molar refractivity (Wildman–Crippen MR) is 98.0 cm³/mol. The van der Waals surface area contributed by atoms with Crippen molar-refractivity contribution in [1.29, 1.82) is 0 Å². The summed E-state index contributed by atoms with van der Waals surface area (Å²) in [4.78, 5) is 0. The maximum atomic E-state index is 6.20. The first-order valence-electron chi connectivity index (χ1n) is 8.41. The van der Waals surface area contributed by atoms with E-state index in [4.69, 9.17) is 16.3 Å². The van der Waals surface area contributed by atoms with Crippen molar-refractivity contribution in [2.24, 2.45) is 0 Å². The summed E-state index contributed by atoms with van der Waals surface area (Å²) in [7, 11) is 0. The number of ether oxygens (including phenoxy) is 1. The van der Waals surface area contributed by atoms with Crippen LogP contribution in [0.4, 0.5) is 0 Å². The molecule has 0 spiro atoms. The van der Waals surface area contributed by atoms with Crippen LogP contribution in [0.15, 0.2) is 18.2 Å². The Bertz CT molecular complexity index is 403. The molecule has 22 heavy (non-hydrogen) atoms. The Hall–Kier alpha value is -0.220. The third-order valence-corrected chi connectivity index (χ3v) is 5.49. The van der Waals surface area contributed by atoms with Crippen LogP contribution in [0, 0.1) is 6.92 Å². The van der Waals surface area contributed by atoms with Crippen LogP contribution in [-0.4, -0.2) is 30.9 Å². The van der Waals surface area contributed by atoms with Crippen molar-refractivity contribution < 1.29 is 4.74 Å². The van der Waals surface area contributed by atoms with E-state index in [0.29, 0.717) is 6.10 Å². The van der Waals surface area contributed by atoms with Crippen LogP contribution in [0.25, 0.3) is 0 Å². The molecule has 1 heterocycles. The van der Waals surface area contributed by atoms with Gasteiger partial charge in [0.05, 0.1) is 12.7 Å². The highest BCUT2D eigenvalue weighted by Gasteiger charge is 2.13. The average Bonchev–Trinajstić information content (AvgIpc) is 3.11. The molecule has 0 bridgehead atoms. The zero-order valence-electron chi connectivity index (χ0n) is 13.6. The number of benzene rings is 1. The Morgan fingerprint density at radius 2 is 2.09 bits per heavy atom. The highest BCUT2D eigenvalue weighted by Crippen LogP contribution is 2.22. The fourth-order valence-corrected chi connectivity index (χ4v) is 3.94. The topological polar surface area (TPSA) is 21.3 Å². The van der Waals surface area contributed by atoms with E-state index in [-0.39, 0.29) is 0 Å². The minimum Gasteiger partial charge on any atom is -0.378 e. The maximum Gasteiger partial charge on any atom is 0.0575 e. The van der Waals surface area contributed by atoms with E-state index in [2.05, 4.69) is 18.3 Å². The lowest BCUT2D eigenvalue weighted by molar-refractivity contribution is 0.0303. The Labute approximate surface area is 144 Å². The van der Waals surface area contributed by atoms with E-state index < -0.39 is 0 Å². The molecule has 2 nitrogen and oxygen atoms in total. The minimum absolute atomic E-state index is 0.492. The zero-order chi connectivity index (χ0) is 15.6. The summed E-state index contributed by atoms with van der Waals surface area (Å²) in [6, 6.07) is 6.08. The number of hydrogen-bond acceptors (Lipinski definition) is 3. The van der Waals surface area contributed by atoms with E-state index in [9.17, 15) is 0 Å². The van der Waals surface area contributed by atoms with Gasteiger partial charge >= 0.3 is 0 Å². The van der Waals surface area contributed by atoms with Gasteiger partial charge in [-0.15, -0.1) is 11.8 Å². The molecule has 1 aromatic rings. The van der Waals surface area contributed by atoms with Gasteiger partial charge in [-0.05, 0) is 43.4 Å². The first-order valence-corrected chi connectivity index (χ1v) is 9.94. The molecule has 2 fully saturated rings. The lowest BCUT2D eigenvalue weighted by Crippen LogP contribution is -2.18. The number of halogens is 1. The standard InChI is InChI=1S/C15H21ClO.C3H7NS/c1-12-6-5-9-15(16)14(12)10-11-17-13-7-3-2-4-8-13;1-2-5-3-4-1/h5-6,9,13H,2-4,7-8,10-11H2,1H3;4H,1-3H2. The van der Waals surface area contributed by atoms with Crippen molar-refractivity contribution in [3.05, 3.63) is 34.3 Å². The van der Waals surface area contributed by atoms with Gasteiger partial charge in [0, 0.05) is 23.2 Å². The largest absolute Gasteiger partial charge is 0.378 e. The molecule has 124 valence electrons. The van der Waals surface area contributed by atoms with Crippen molar-refractivity contribution >= 4 is 23.4 Å². The summed E-state index contributed by atoms with van der Waals surface area (Å²) in [5, 5.41) is 4.06. The summed E-state index contributed by atoms with van der Waals surface area (Å²) in [6.45, 7) is 4.13. The van der Waals surface area contributed by atoms with Crippen LogP contribution in [0.5, 0.6) is 0 Å². The molecule has 4 heteroatoms. The van der Waals surface area contributed by atoms with Crippen molar-refractivity contribution in [3.8, 4) is 0 Å². The van der Waals surface area contributed by atoms with Crippen molar-refractivity contribution in [2.45, 2.75) is 51.6 Å². The second-order valence-electron chi connectivity index (χ2n) is 5.97. The molecule has 0 radical (unpaired) electrons. The molecule has 1 aliphatic heterocycles. The number of rotatable bonds is 4. The number of nitrogens with one attached hydrogen (secondary N) is 1. The second kappa shape index (κ2) is 10.5.